The number of amides is 1. The highest BCUT2D eigenvalue weighted by atomic mass is 16.6. The molecule has 1 unspecified atom stereocenters. The molecule has 0 aromatic carbocycles. The molecule has 8 nitrogen and oxygen atoms in total. The van der Waals surface area contributed by atoms with Gasteiger partial charge in [-0.3, -0.25) is 10.5 Å². The maximum Gasteiger partial charge on any atom is 0.272 e. The normalized spacial score (nSPS) is 29.6. The molecule has 7 N–H and O–H groups in total. The summed E-state index contributed by atoms with van der Waals surface area (Å²) in [6.45, 7) is -0.266. The molecule has 0 saturated carbocycles. The third-order valence-corrected chi connectivity index (χ3v) is 3.36. The molecule has 8 heteroatoms. The van der Waals surface area contributed by atoms with Crippen LogP contribution in [0.5, 0.6) is 0 Å². The number of rotatable bonds is 4. The first-order valence-corrected chi connectivity index (χ1v) is 6.15. The van der Waals surface area contributed by atoms with Gasteiger partial charge in [0.15, 0.2) is 0 Å². The van der Waals surface area contributed by atoms with Crippen molar-refractivity contribution in [2.24, 2.45) is 5.73 Å². The number of aliphatic hydroxyl groups excluding tert-OH is 3. The second-order valence-electron chi connectivity index (χ2n) is 4.74. The standard InChI is InChI=1S/C12H17N3O5/c13-9-2-1-6(12(14)19)3-15(9)4-7-10(17)11(18)8(5-16)20-7/h1-3,7-8,10-11,13,16-18H,4-5H2,(H2,14,19)/p+1/t7-,8+,10+,11?/m0/s1. The lowest BCUT2D eigenvalue weighted by Gasteiger charge is -2.14. The molecule has 1 fully saturated rings. The van der Waals surface area contributed by atoms with Crippen LogP contribution in [0.1, 0.15) is 10.4 Å². The number of hydrogen-bond acceptors (Lipinski definition) is 6. The van der Waals surface area contributed by atoms with Gasteiger partial charge in [-0.15, -0.1) is 0 Å². The van der Waals surface area contributed by atoms with E-state index in [-0.39, 0.29) is 12.1 Å². The number of hydrogen-bond donors (Lipinski definition) is 5. The van der Waals surface area contributed by atoms with E-state index >= 15 is 0 Å². The number of carbonyl (C=O) groups is 1. The summed E-state index contributed by atoms with van der Waals surface area (Å²) in [4.78, 5) is 11.1. The summed E-state index contributed by atoms with van der Waals surface area (Å²) in [6, 6.07) is 3.01. The summed E-state index contributed by atoms with van der Waals surface area (Å²) in [5, 5.41) is 28.5. The van der Waals surface area contributed by atoms with Crippen LogP contribution in [0.3, 0.4) is 0 Å². The first-order chi connectivity index (χ1) is 9.43. The Labute approximate surface area is 115 Å². The number of anilines is 1. The van der Waals surface area contributed by atoms with Crippen LogP contribution in [0.4, 0.5) is 5.82 Å². The van der Waals surface area contributed by atoms with Crippen molar-refractivity contribution >= 4 is 11.7 Å². The molecule has 1 aromatic rings. The first-order valence-electron chi connectivity index (χ1n) is 6.15. The molecule has 1 amide bonds. The Kier molecular flexibility index (Phi) is 4.19. The maximum absolute atomic E-state index is 11.1. The summed E-state index contributed by atoms with van der Waals surface area (Å²) < 4.78 is 6.85. The average molecular weight is 284 g/mol. The van der Waals surface area contributed by atoms with Crippen molar-refractivity contribution in [3.05, 3.63) is 23.9 Å². The van der Waals surface area contributed by atoms with Crippen molar-refractivity contribution < 1.29 is 29.4 Å². The van der Waals surface area contributed by atoms with Crippen LogP contribution in [0.2, 0.25) is 0 Å². The van der Waals surface area contributed by atoms with Crippen molar-refractivity contribution in [2.45, 2.75) is 31.0 Å². The largest absolute Gasteiger partial charge is 0.394 e. The number of nitrogen functional groups attached to an aromatic ring is 1. The van der Waals surface area contributed by atoms with Crippen LogP contribution < -0.4 is 16.0 Å². The Morgan fingerprint density at radius 1 is 1.30 bits per heavy atom. The minimum atomic E-state index is -1.16. The number of aliphatic hydroxyl groups is 3. The van der Waals surface area contributed by atoms with Crippen LogP contribution in [0.25, 0.3) is 0 Å². The third-order valence-electron chi connectivity index (χ3n) is 3.36. The van der Waals surface area contributed by atoms with Crippen LogP contribution in [0, 0.1) is 0 Å². The van der Waals surface area contributed by atoms with Gasteiger partial charge in [0.2, 0.25) is 0 Å². The molecule has 110 valence electrons. The number of pyridine rings is 1. The van der Waals surface area contributed by atoms with E-state index in [0.717, 1.165) is 0 Å². The quantitative estimate of drug-likeness (QED) is 0.376. The predicted octanol–water partition coefficient (Wildman–Crippen LogP) is -2.86. The zero-order valence-electron chi connectivity index (χ0n) is 10.7. The van der Waals surface area contributed by atoms with E-state index in [9.17, 15) is 15.0 Å². The minimum absolute atomic E-state index is 0.127. The Morgan fingerprint density at radius 3 is 2.50 bits per heavy atom. The second kappa shape index (κ2) is 5.71. The van der Waals surface area contributed by atoms with Crippen molar-refractivity contribution in [1.82, 2.24) is 0 Å². The summed E-state index contributed by atoms with van der Waals surface area (Å²) in [6.07, 6.45) is -2.43. The summed E-state index contributed by atoms with van der Waals surface area (Å²) >= 11 is 0. The molecule has 0 spiro atoms. The SMILES string of the molecule is NC(=O)c1ccc(N)[n+](C[C@@H]2O[C@H](CO)C(O)[C@@H]2O)c1. The maximum atomic E-state index is 11.1. The molecule has 0 bridgehead atoms. The summed E-state index contributed by atoms with van der Waals surface area (Å²) in [5.41, 5.74) is 11.2. The smallest absolute Gasteiger partial charge is 0.272 e. The Hall–Kier alpha value is -1.74. The van der Waals surface area contributed by atoms with Gasteiger partial charge in [-0.2, -0.15) is 0 Å². The lowest BCUT2D eigenvalue weighted by Crippen LogP contribution is -2.47. The molecule has 0 aliphatic carbocycles. The summed E-state index contributed by atoms with van der Waals surface area (Å²) in [7, 11) is 0. The van der Waals surface area contributed by atoms with E-state index in [1.807, 2.05) is 0 Å². The Bertz CT molecular complexity index is 510. The minimum Gasteiger partial charge on any atom is -0.394 e. The van der Waals surface area contributed by atoms with E-state index < -0.39 is 36.9 Å². The van der Waals surface area contributed by atoms with E-state index in [2.05, 4.69) is 0 Å². The third kappa shape index (κ3) is 2.73. The fraction of sp³-hybridized carbons (Fsp3) is 0.500. The number of aromatic nitrogens is 1. The highest BCUT2D eigenvalue weighted by molar-refractivity contribution is 5.92. The summed E-state index contributed by atoms with van der Waals surface area (Å²) in [5.74, 6) is -0.243. The van der Waals surface area contributed by atoms with Gasteiger partial charge in [0.05, 0.1) is 12.2 Å². The van der Waals surface area contributed by atoms with Gasteiger partial charge < -0.3 is 25.8 Å². The number of nitrogens with zero attached hydrogens (tertiary/aromatic N) is 1. The monoisotopic (exact) mass is 284 g/mol. The molecule has 1 aromatic heterocycles. The van der Waals surface area contributed by atoms with Crippen LogP contribution in [-0.4, -0.2) is 52.2 Å². The van der Waals surface area contributed by atoms with Gasteiger partial charge in [0.1, 0.15) is 37.2 Å². The average Bonchev–Trinajstić information content (AvgIpc) is 2.68. The van der Waals surface area contributed by atoms with Crippen molar-refractivity contribution in [3.63, 3.8) is 0 Å². The zero-order chi connectivity index (χ0) is 14.9. The number of nitrogens with two attached hydrogens (primary N) is 2. The lowest BCUT2D eigenvalue weighted by molar-refractivity contribution is -0.690. The van der Waals surface area contributed by atoms with E-state index in [1.165, 1.54) is 22.9 Å². The zero-order valence-corrected chi connectivity index (χ0v) is 10.7. The molecule has 20 heavy (non-hydrogen) atoms. The van der Waals surface area contributed by atoms with Gasteiger partial charge in [0, 0.05) is 6.07 Å². The molecule has 1 aliphatic heterocycles. The molecule has 1 aliphatic rings. The van der Waals surface area contributed by atoms with Gasteiger partial charge in [0.25, 0.3) is 11.7 Å². The van der Waals surface area contributed by atoms with Crippen LogP contribution in [-0.2, 0) is 11.3 Å². The molecule has 1 saturated heterocycles. The van der Waals surface area contributed by atoms with Gasteiger partial charge in [-0.05, 0) is 6.07 Å². The molecular formula is C12H18N3O5+. The molecule has 4 atom stereocenters. The fourth-order valence-corrected chi connectivity index (χ4v) is 2.18. The Balaban J connectivity index is 2.18. The molecular weight excluding hydrogens is 266 g/mol. The predicted molar refractivity (Wildman–Crippen MR) is 67.3 cm³/mol. The second-order valence-corrected chi connectivity index (χ2v) is 4.74. The van der Waals surface area contributed by atoms with E-state index in [1.54, 1.807) is 0 Å². The number of carbonyl (C=O) groups excluding carboxylic acids is 1. The number of ether oxygens (including phenoxy) is 1. The van der Waals surface area contributed by atoms with E-state index in [0.29, 0.717) is 5.82 Å². The van der Waals surface area contributed by atoms with Gasteiger partial charge in [-0.1, -0.05) is 0 Å². The van der Waals surface area contributed by atoms with Crippen LogP contribution >= 0.6 is 0 Å². The first kappa shape index (κ1) is 14.7. The number of primary amides is 1. The molecule has 0 radical (unpaired) electrons. The van der Waals surface area contributed by atoms with Gasteiger partial charge in [-0.25, -0.2) is 4.57 Å². The van der Waals surface area contributed by atoms with Crippen LogP contribution in [0.15, 0.2) is 18.3 Å². The van der Waals surface area contributed by atoms with Crippen molar-refractivity contribution in [1.29, 1.82) is 0 Å². The fourth-order valence-electron chi connectivity index (χ4n) is 2.18. The topological polar surface area (TPSA) is 143 Å². The molecule has 2 heterocycles. The highest BCUT2D eigenvalue weighted by Crippen LogP contribution is 2.21. The van der Waals surface area contributed by atoms with Gasteiger partial charge >= 0.3 is 0 Å². The van der Waals surface area contributed by atoms with E-state index in [4.69, 9.17) is 21.3 Å². The lowest BCUT2D eigenvalue weighted by atomic mass is 10.1. The Morgan fingerprint density at radius 2 is 1.95 bits per heavy atom. The van der Waals surface area contributed by atoms with Crippen molar-refractivity contribution in [2.75, 3.05) is 12.3 Å². The highest BCUT2D eigenvalue weighted by Gasteiger charge is 2.43. The van der Waals surface area contributed by atoms with Crippen molar-refractivity contribution in [3.8, 4) is 0 Å². The molecule has 2 rings (SSSR count).